The number of benzene rings is 1. The molecule has 1 fully saturated rings. The van der Waals surface area contributed by atoms with Gasteiger partial charge in [-0.25, -0.2) is 0 Å². The Bertz CT molecular complexity index is 574. The molecule has 0 aromatic heterocycles. The lowest BCUT2D eigenvalue weighted by Gasteiger charge is -2.07. The summed E-state index contributed by atoms with van der Waals surface area (Å²) in [6, 6.07) is 6.96. The average Bonchev–Trinajstić information content (AvgIpc) is 3.18. The Morgan fingerprint density at radius 2 is 2.16 bits per heavy atom. The lowest BCUT2D eigenvalue weighted by Crippen LogP contribution is -2.17. The van der Waals surface area contributed by atoms with Gasteiger partial charge in [-0.05, 0) is 31.0 Å². The molecule has 0 saturated heterocycles. The lowest BCUT2D eigenvalue weighted by molar-refractivity contribution is -0.112. The summed E-state index contributed by atoms with van der Waals surface area (Å²) in [4.78, 5) is 11.9. The zero-order chi connectivity index (χ0) is 13.8. The smallest absolute Gasteiger partial charge is 0.267 e. The van der Waals surface area contributed by atoms with Gasteiger partial charge in [0.1, 0.15) is 11.6 Å². The Labute approximate surface area is 121 Å². The third-order valence-corrected chi connectivity index (χ3v) is 3.15. The van der Waals surface area contributed by atoms with E-state index in [1.54, 1.807) is 12.1 Å². The highest BCUT2D eigenvalue weighted by Crippen LogP contribution is 2.25. The van der Waals surface area contributed by atoms with Crippen LogP contribution in [0.25, 0.3) is 0 Å². The van der Waals surface area contributed by atoms with Crippen LogP contribution in [-0.4, -0.2) is 11.9 Å². The van der Waals surface area contributed by atoms with Crippen LogP contribution in [0.4, 0.5) is 5.69 Å². The molecule has 6 heteroatoms. The number of anilines is 1. The van der Waals surface area contributed by atoms with Crippen LogP contribution < -0.4 is 10.6 Å². The number of rotatable bonds is 4. The van der Waals surface area contributed by atoms with Crippen LogP contribution in [0.2, 0.25) is 10.0 Å². The summed E-state index contributed by atoms with van der Waals surface area (Å²) in [5, 5.41) is 15.3. The number of nitriles is 1. The summed E-state index contributed by atoms with van der Waals surface area (Å²) in [6.45, 7) is 0. The molecule has 19 heavy (non-hydrogen) atoms. The minimum atomic E-state index is -0.514. The van der Waals surface area contributed by atoms with Gasteiger partial charge in [-0.3, -0.25) is 4.79 Å². The van der Waals surface area contributed by atoms with E-state index >= 15 is 0 Å². The van der Waals surface area contributed by atoms with Crippen LogP contribution in [0.1, 0.15) is 12.8 Å². The fraction of sp³-hybridized carbons (Fsp3) is 0.231. The number of hydrogen-bond donors (Lipinski definition) is 2. The molecule has 1 aromatic rings. The molecule has 1 amide bonds. The summed E-state index contributed by atoms with van der Waals surface area (Å²) in [5.74, 6) is -0.514. The van der Waals surface area contributed by atoms with Gasteiger partial charge in [-0.2, -0.15) is 5.26 Å². The number of carbonyl (C=O) groups excluding carboxylic acids is 1. The maximum absolute atomic E-state index is 11.9. The monoisotopic (exact) mass is 295 g/mol. The first-order chi connectivity index (χ1) is 9.10. The van der Waals surface area contributed by atoms with Gasteiger partial charge in [0.05, 0.1) is 10.7 Å². The predicted molar refractivity (Wildman–Crippen MR) is 74.9 cm³/mol. The van der Waals surface area contributed by atoms with Gasteiger partial charge in [0.2, 0.25) is 0 Å². The summed E-state index contributed by atoms with van der Waals surface area (Å²) in [5.41, 5.74) is 0.384. The van der Waals surface area contributed by atoms with Gasteiger partial charge in [-0.15, -0.1) is 0 Å². The highest BCUT2D eigenvalue weighted by molar-refractivity contribution is 6.35. The Balaban J connectivity index is 2.08. The molecule has 0 spiro atoms. The normalized spacial score (nSPS) is 14.7. The molecule has 0 radical (unpaired) electrons. The molecule has 1 saturated carbocycles. The molecule has 98 valence electrons. The first kappa shape index (κ1) is 13.7. The number of hydrogen-bond acceptors (Lipinski definition) is 3. The van der Waals surface area contributed by atoms with Crippen LogP contribution in [-0.2, 0) is 4.79 Å². The van der Waals surface area contributed by atoms with E-state index in [1.165, 1.54) is 12.3 Å². The van der Waals surface area contributed by atoms with Gasteiger partial charge in [-0.1, -0.05) is 23.2 Å². The maximum atomic E-state index is 11.9. The van der Waals surface area contributed by atoms with Gasteiger partial charge < -0.3 is 10.6 Å². The second kappa shape index (κ2) is 5.96. The molecule has 1 aliphatic carbocycles. The zero-order valence-electron chi connectivity index (χ0n) is 9.91. The third-order valence-electron chi connectivity index (χ3n) is 2.58. The van der Waals surface area contributed by atoms with Gasteiger partial charge in [0.15, 0.2) is 0 Å². The number of nitrogens with zero attached hydrogens (tertiary/aromatic N) is 1. The first-order valence-electron chi connectivity index (χ1n) is 5.73. The first-order valence-corrected chi connectivity index (χ1v) is 6.48. The summed E-state index contributed by atoms with van der Waals surface area (Å²) < 4.78 is 0. The fourth-order valence-electron chi connectivity index (χ4n) is 1.38. The van der Waals surface area contributed by atoms with Crippen molar-refractivity contribution in [2.75, 3.05) is 5.32 Å². The molecule has 2 rings (SSSR count). The van der Waals surface area contributed by atoms with Gasteiger partial charge in [0, 0.05) is 17.3 Å². The Morgan fingerprint density at radius 1 is 1.42 bits per heavy atom. The topological polar surface area (TPSA) is 64.9 Å². The second-order valence-electron chi connectivity index (χ2n) is 4.19. The van der Waals surface area contributed by atoms with Crippen molar-refractivity contribution in [1.29, 1.82) is 5.26 Å². The van der Waals surface area contributed by atoms with Crippen molar-refractivity contribution in [2.24, 2.45) is 0 Å². The number of carbonyl (C=O) groups is 1. The molecule has 1 aliphatic rings. The SMILES string of the molecule is N#C/C(=C/NC1CC1)C(=O)Nc1cc(Cl)ccc1Cl. The number of nitrogens with one attached hydrogen (secondary N) is 2. The van der Waals surface area contributed by atoms with Crippen molar-refractivity contribution in [3.05, 3.63) is 40.0 Å². The van der Waals surface area contributed by atoms with Crippen LogP contribution in [0.15, 0.2) is 30.0 Å². The molecule has 0 unspecified atom stereocenters. The Hall–Kier alpha value is -1.70. The standard InChI is InChI=1S/C13H11Cl2N3O/c14-9-1-4-11(15)12(5-9)18-13(19)8(6-16)7-17-10-2-3-10/h1,4-5,7,10,17H,2-3H2,(H,18,19)/b8-7-. The molecular weight excluding hydrogens is 285 g/mol. The van der Waals surface area contributed by atoms with E-state index in [-0.39, 0.29) is 5.57 Å². The van der Waals surface area contributed by atoms with Crippen molar-refractivity contribution in [2.45, 2.75) is 18.9 Å². The van der Waals surface area contributed by atoms with E-state index in [9.17, 15) is 4.79 Å². The second-order valence-corrected chi connectivity index (χ2v) is 5.03. The van der Waals surface area contributed by atoms with Crippen molar-refractivity contribution >= 4 is 34.8 Å². The Morgan fingerprint density at radius 3 is 2.79 bits per heavy atom. The van der Waals surface area contributed by atoms with Crippen LogP contribution >= 0.6 is 23.2 Å². The van der Waals surface area contributed by atoms with Gasteiger partial charge >= 0.3 is 0 Å². The molecule has 0 heterocycles. The van der Waals surface area contributed by atoms with Crippen LogP contribution in [0.5, 0.6) is 0 Å². The van der Waals surface area contributed by atoms with Crippen molar-refractivity contribution < 1.29 is 4.79 Å². The predicted octanol–water partition coefficient (Wildman–Crippen LogP) is 3.09. The van der Waals surface area contributed by atoms with E-state index in [2.05, 4.69) is 10.6 Å². The molecular formula is C13H11Cl2N3O. The minimum Gasteiger partial charge on any atom is -0.387 e. The molecule has 1 aromatic carbocycles. The highest BCUT2D eigenvalue weighted by Gasteiger charge is 2.20. The zero-order valence-corrected chi connectivity index (χ0v) is 11.4. The fourth-order valence-corrected chi connectivity index (χ4v) is 1.72. The van der Waals surface area contributed by atoms with E-state index in [1.807, 2.05) is 6.07 Å². The van der Waals surface area contributed by atoms with E-state index in [0.717, 1.165) is 12.8 Å². The van der Waals surface area contributed by atoms with E-state index < -0.39 is 5.91 Å². The quantitative estimate of drug-likeness (QED) is 0.663. The summed E-state index contributed by atoms with van der Waals surface area (Å²) >= 11 is 11.8. The summed E-state index contributed by atoms with van der Waals surface area (Å²) in [7, 11) is 0. The molecule has 0 atom stereocenters. The number of amides is 1. The lowest BCUT2D eigenvalue weighted by atomic mass is 10.2. The largest absolute Gasteiger partial charge is 0.387 e. The maximum Gasteiger partial charge on any atom is 0.267 e. The molecule has 2 N–H and O–H groups in total. The molecule has 4 nitrogen and oxygen atoms in total. The van der Waals surface area contributed by atoms with Crippen LogP contribution in [0, 0.1) is 11.3 Å². The van der Waals surface area contributed by atoms with Crippen molar-refractivity contribution in [3.8, 4) is 6.07 Å². The van der Waals surface area contributed by atoms with Crippen LogP contribution in [0.3, 0.4) is 0 Å². The minimum absolute atomic E-state index is 0.00272. The average molecular weight is 296 g/mol. The highest BCUT2D eigenvalue weighted by atomic mass is 35.5. The number of halogens is 2. The van der Waals surface area contributed by atoms with E-state index in [4.69, 9.17) is 28.5 Å². The van der Waals surface area contributed by atoms with Gasteiger partial charge in [0.25, 0.3) is 5.91 Å². The van der Waals surface area contributed by atoms with Crippen molar-refractivity contribution in [3.63, 3.8) is 0 Å². The van der Waals surface area contributed by atoms with Crippen molar-refractivity contribution in [1.82, 2.24) is 5.32 Å². The molecule has 0 aliphatic heterocycles. The summed E-state index contributed by atoms with van der Waals surface area (Å²) in [6.07, 6.45) is 3.57. The van der Waals surface area contributed by atoms with E-state index in [0.29, 0.717) is 21.8 Å². The Kier molecular flexibility index (Phi) is 4.31. The third kappa shape index (κ3) is 3.88. The molecule has 0 bridgehead atoms.